The first-order valence-corrected chi connectivity index (χ1v) is 10.2. The molecule has 0 aromatic heterocycles. The van der Waals surface area contributed by atoms with Gasteiger partial charge in [-0.1, -0.05) is 37.1 Å². The average Bonchev–Trinajstić information content (AvgIpc) is 3.02. The zero-order chi connectivity index (χ0) is 18.5. The van der Waals surface area contributed by atoms with E-state index in [0.717, 1.165) is 18.4 Å². The fourth-order valence-corrected chi connectivity index (χ4v) is 4.68. The van der Waals surface area contributed by atoms with Crippen LogP contribution in [0.2, 0.25) is 0 Å². The number of carbonyl (C=O) groups excluding carboxylic acids is 1. The fourth-order valence-electron chi connectivity index (χ4n) is 3.19. The third kappa shape index (κ3) is 5.03. The van der Waals surface area contributed by atoms with Crippen LogP contribution in [0.1, 0.15) is 50.7 Å². The molecular weight excluding hydrogens is 338 g/mol. The van der Waals surface area contributed by atoms with E-state index in [0.29, 0.717) is 18.4 Å². The zero-order valence-electron chi connectivity index (χ0n) is 14.7. The van der Waals surface area contributed by atoms with E-state index >= 15 is 0 Å². The zero-order valence-corrected chi connectivity index (χ0v) is 15.5. The average molecular weight is 363 g/mol. The van der Waals surface area contributed by atoms with Crippen molar-refractivity contribution in [2.75, 3.05) is 0 Å². The van der Waals surface area contributed by atoms with Crippen LogP contribution in [0, 0.1) is 16.7 Å². The number of nitrogens with one attached hydrogen (secondary N) is 2. The Morgan fingerprint density at radius 2 is 1.84 bits per heavy atom. The molecule has 1 aromatic rings. The molecule has 7 heteroatoms. The van der Waals surface area contributed by atoms with Crippen molar-refractivity contribution in [3.05, 3.63) is 35.4 Å². The number of hydrogen-bond donors (Lipinski definition) is 2. The molecular formula is C18H25N3O3S. The highest BCUT2D eigenvalue weighted by Crippen LogP contribution is 2.37. The van der Waals surface area contributed by atoms with Crippen molar-refractivity contribution >= 4 is 15.9 Å². The van der Waals surface area contributed by atoms with Crippen molar-refractivity contribution in [2.24, 2.45) is 5.41 Å². The van der Waals surface area contributed by atoms with Gasteiger partial charge in [-0.3, -0.25) is 4.79 Å². The molecule has 2 N–H and O–H groups in total. The Kier molecular flexibility index (Phi) is 6.20. The highest BCUT2D eigenvalue weighted by atomic mass is 32.2. The predicted molar refractivity (Wildman–Crippen MR) is 95.7 cm³/mol. The summed E-state index contributed by atoms with van der Waals surface area (Å²) in [6.07, 6.45) is 2.95. The fraction of sp³-hybridized carbons (Fsp3) is 0.556. The van der Waals surface area contributed by atoms with Crippen LogP contribution >= 0.6 is 0 Å². The van der Waals surface area contributed by atoms with E-state index in [1.54, 1.807) is 32.0 Å². The Morgan fingerprint density at radius 3 is 2.40 bits per heavy atom. The summed E-state index contributed by atoms with van der Waals surface area (Å²) in [5, 5.41) is 12.2. The molecule has 136 valence electrons. The minimum Gasteiger partial charge on any atom is -0.351 e. The topological polar surface area (TPSA) is 99.1 Å². The minimum absolute atomic E-state index is 0.138. The summed E-state index contributed by atoms with van der Waals surface area (Å²) in [5.41, 5.74) is 0.463. The SMILES string of the molecule is CC(C)NS(=O)(=O)Cc1ccccc1CNC(=O)C1(C#N)CCCC1. The molecule has 1 aliphatic rings. The Bertz CT molecular complexity index is 760. The van der Waals surface area contributed by atoms with Crippen molar-refractivity contribution < 1.29 is 13.2 Å². The largest absolute Gasteiger partial charge is 0.351 e. The summed E-state index contributed by atoms with van der Waals surface area (Å²) >= 11 is 0. The van der Waals surface area contributed by atoms with Gasteiger partial charge >= 0.3 is 0 Å². The molecule has 25 heavy (non-hydrogen) atoms. The van der Waals surface area contributed by atoms with Crippen LogP contribution < -0.4 is 10.0 Å². The molecule has 0 radical (unpaired) electrons. The van der Waals surface area contributed by atoms with Crippen LogP contribution in [0.3, 0.4) is 0 Å². The number of benzene rings is 1. The van der Waals surface area contributed by atoms with Gasteiger partial charge in [0.15, 0.2) is 0 Å². The Hall–Kier alpha value is -1.91. The van der Waals surface area contributed by atoms with E-state index in [1.807, 2.05) is 6.07 Å². The normalized spacial score (nSPS) is 16.6. The maximum absolute atomic E-state index is 12.4. The van der Waals surface area contributed by atoms with Gasteiger partial charge in [-0.25, -0.2) is 13.1 Å². The monoisotopic (exact) mass is 363 g/mol. The second kappa shape index (κ2) is 7.98. The number of nitrogens with zero attached hydrogens (tertiary/aromatic N) is 1. The van der Waals surface area contributed by atoms with Gasteiger partial charge < -0.3 is 5.32 Å². The molecule has 0 bridgehead atoms. The molecule has 0 unspecified atom stereocenters. The smallest absolute Gasteiger partial charge is 0.240 e. The molecule has 0 atom stereocenters. The molecule has 0 saturated heterocycles. The summed E-state index contributed by atoms with van der Waals surface area (Å²) in [4.78, 5) is 12.4. The standard InChI is InChI=1S/C18H25N3O3S/c1-14(2)21-25(23,24)12-16-8-4-3-7-15(16)11-20-17(22)18(13-19)9-5-6-10-18/h3-4,7-8,14,21H,5-6,9-12H2,1-2H3,(H,20,22). The Balaban J connectivity index is 2.08. The lowest BCUT2D eigenvalue weighted by Crippen LogP contribution is -2.38. The minimum atomic E-state index is -3.44. The maximum Gasteiger partial charge on any atom is 0.240 e. The van der Waals surface area contributed by atoms with Crippen LogP contribution in [-0.2, 0) is 27.1 Å². The van der Waals surface area contributed by atoms with Gasteiger partial charge in [0.25, 0.3) is 0 Å². The summed E-state index contributed by atoms with van der Waals surface area (Å²) in [6.45, 7) is 3.76. The van der Waals surface area contributed by atoms with E-state index in [9.17, 15) is 18.5 Å². The van der Waals surface area contributed by atoms with Crippen molar-refractivity contribution in [3.63, 3.8) is 0 Å². The second-order valence-corrected chi connectivity index (χ2v) is 8.64. The first-order valence-electron chi connectivity index (χ1n) is 8.54. The number of hydrogen-bond acceptors (Lipinski definition) is 4. The van der Waals surface area contributed by atoms with E-state index in [-0.39, 0.29) is 24.2 Å². The van der Waals surface area contributed by atoms with E-state index < -0.39 is 15.4 Å². The van der Waals surface area contributed by atoms with Gasteiger partial charge in [-0.05, 0) is 37.8 Å². The third-order valence-corrected chi connectivity index (χ3v) is 5.95. The molecule has 1 fully saturated rings. The Labute approximate surface area is 149 Å². The summed E-state index contributed by atoms with van der Waals surface area (Å²) in [6, 6.07) is 9.13. The van der Waals surface area contributed by atoms with Crippen LogP contribution in [0.25, 0.3) is 0 Å². The van der Waals surface area contributed by atoms with Gasteiger partial charge in [0.05, 0.1) is 11.8 Å². The van der Waals surface area contributed by atoms with E-state index in [4.69, 9.17) is 0 Å². The van der Waals surface area contributed by atoms with Gasteiger partial charge in [0, 0.05) is 12.6 Å². The number of carbonyl (C=O) groups is 1. The van der Waals surface area contributed by atoms with Crippen molar-refractivity contribution in [3.8, 4) is 6.07 Å². The summed E-state index contributed by atoms with van der Waals surface area (Å²) in [7, 11) is -3.44. The van der Waals surface area contributed by atoms with Crippen molar-refractivity contribution in [2.45, 2.75) is 57.9 Å². The van der Waals surface area contributed by atoms with Gasteiger partial charge in [0.2, 0.25) is 15.9 Å². The number of sulfonamides is 1. The summed E-state index contributed by atoms with van der Waals surface area (Å²) < 4.78 is 26.9. The Morgan fingerprint density at radius 1 is 1.24 bits per heavy atom. The van der Waals surface area contributed by atoms with Crippen LogP contribution in [0.15, 0.2) is 24.3 Å². The molecule has 0 aliphatic heterocycles. The summed E-state index contributed by atoms with van der Waals surface area (Å²) in [5.74, 6) is -0.397. The molecule has 1 aromatic carbocycles. The second-order valence-electron chi connectivity index (χ2n) is 6.88. The molecule has 6 nitrogen and oxygen atoms in total. The first-order chi connectivity index (χ1) is 11.8. The first kappa shape index (κ1) is 19.4. The van der Waals surface area contributed by atoms with Gasteiger partial charge in [0.1, 0.15) is 5.41 Å². The number of amides is 1. The quantitative estimate of drug-likeness (QED) is 0.776. The lowest BCUT2D eigenvalue weighted by atomic mass is 9.87. The molecule has 1 saturated carbocycles. The van der Waals surface area contributed by atoms with Crippen molar-refractivity contribution in [1.82, 2.24) is 10.0 Å². The van der Waals surface area contributed by atoms with Crippen LogP contribution in [0.4, 0.5) is 0 Å². The highest BCUT2D eigenvalue weighted by molar-refractivity contribution is 7.88. The van der Waals surface area contributed by atoms with Gasteiger partial charge in [-0.15, -0.1) is 0 Å². The van der Waals surface area contributed by atoms with Gasteiger partial charge in [-0.2, -0.15) is 5.26 Å². The third-order valence-electron chi connectivity index (χ3n) is 4.42. The van der Waals surface area contributed by atoms with Crippen molar-refractivity contribution in [1.29, 1.82) is 5.26 Å². The molecule has 1 amide bonds. The van der Waals surface area contributed by atoms with Crippen LogP contribution in [-0.4, -0.2) is 20.4 Å². The van der Waals surface area contributed by atoms with Crippen LogP contribution in [0.5, 0.6) is 0 Å². The lowest BCUT2D eigenvalue weighted by molar-refractivity contribution is -0.128. The van der Waals surface area contributed by atoms with E-state index in [2.05, 4.69) is 16.1 Å². The molecule has 1 aliphatic carbocycles. The maximum atomic E-state index is 12.4. The molecule has 2 rings (SSSR count). The molecule has 0 spiro atoms. The highest BCUT2D eigenvalue weighted by Gasteiger charge is 2.41. The number of rotatable bonds is 7. The number of nitriles is 1. The van der Waals surface area contributed by atoms with E-state index in [1.165, 1.54) is 0 Å². The lowest BCUT2D eigenvalue weighted by Gasteiger charge is -2.20. The predicted octanol–water partition coefficient (Wildman–Crippen LogP) is 2.21. The molecule has 0 heterocycles.